The lowest BCUT2D eigenvalue weighted by Crippen LogP contribution is -2.54. The van der Waals surface area contributed by atoms with Crippen molar-refractivity contribution in [2.75, 3.05) is 20.2 Å². The van der Waals surface area contributed by atoms with Crippen LogP contribution in [-0.2, 0) is 4.79 Å². The normalized spacial score (nSPS) is 15.1. The Bertz CT molecular complexity index is 979. The molecule has 7 nitrogen and oxygen atoms in total. The van der Waals surface area contributed by atoms with Crippen molar-refractivity contribution >= 4 is 17.7 Å². The summed E-state index contributed by atoms with van der Waals surface area (Å²) in [5.74, 6) is 0.0940. The summed E-state index contributed by atoms with van der Waals surface area (Å²) in [7, 11) is 1.57. The van der Waals surface area contributed by atoms with Crippen LogP contribution in [0.5, 0.6) is 5.75 Å². The molecule has 1 fully saturated rings. The van der Waals surface area contributed by atoms with Crippen molar-refractivity contribution in [1.82, 2.24) is 15.5 Å². The summed E-state index contributed by atoms with van der Waals surface area (Å²) in [6.45, 7) is 6.84. The third-order valence-electron chi connectivity index (χ3n) is 5.92. The maximum absolute atomic E-state index is 13.0. The van der Waals surface area contributed by atoms with E-state index in [1.807, 2.05) is 49.9 Å². The molecule has 2 aromatic rings. The van der Waals surface area contributed by atoms with E-state index in [1.165, 1.54) is 0 Å². The zero-order valence-electron chi connectivity index (χ0n) is 19.8. The molecule has 0 bridgehead atoms. The Kier molecular flexibility index (Phi) is 8.09. The van der Waals surface area contributed by atoms with E-state index in [-0.39, 0.29) is 29.7 Å². The first-order chi connectivity index (χ1) is 15.8. The van der Waals surface area contributed by atoms with Crippen LogP contribution in [0.25, 0.3) is 0 Å². The molecule has 7 heteroatoms. The molecular weight excluding hydrogens is 418 g/mol. The third kappa shape index (κ3) is 6.34. The summed E-state index contributed by atoms with van der Waals surface area (Å²) >= 11 is 0. The molecule has 1 aliphatic rings. The summed E-state index contributed by atoms with van der Waals surface area (Å²) in [6.07, 6.45) is 1.27. The number of piperidine rings is 1. The minimum absolute atomic E-state index is 0.00241. The SMILES string of the molecule is COc1ccc(C(=O)N[C@@H](C(=O)NC(C)C)C2CCN(C(=O)c3cccc(C)c3)CC2)cc1. The molecular formula is C26H33N3O4. The Hall–Kier alpha value is -3.35. The van der Waals surface area contributed by atoms with Crippen LogP contribution in [0.4, 0.5) is 0 Å². The molecule has 2 aromatic carbocycles. The van der Waals surface area contributed by atoms with E-state index in [4.69, 9.17) is 4.74 Å². The lowest BCUT2D eigenvalue weighted by Gasteiger charge is -2.36. The number of hydrogen-bond donors (Lipinski definition) is 2. The maximum Gasteiger partial charge on any atom is 0.253 e. The number of methoxy groups -OCH3 is 1. The number of nitrogens with zero attached hydrogens (tertiary/aromatic N) is 1. The Labute approximate surface area is 195 Å². The topological polar surface area (TPSA) is 87.7 Å². The van der Waals surface area contributed by atoms with Gasteiger partial charge in [0.05, 0.1) is 7.11 Å². The third-order valence-corrected chi connectivity index (χ3v) is 5.92. The highest BCUT2D eigenvalue weighted by Gasteiger charge is 2.34. The molecule has 1 saturated heterocycles. The summed E-state index contributed by atoms with van der Waals surface area (Å²) in [5.41, 5.74) is 2.18. The number of carbonyl (C=O) groups excluding carboxylic acids is 3. The number of carbonyl (C=O) groups is 3. The highest BCUT2D eigenvalue weighted by atomic mass is 16.5. The van der Waals surface area contributed by atoms with Crippen LogP contribution >= 0.6 is 0 Å². The first-order valence-electron chi connectivity index (χ1n) is 11.4. The second-order valence-corrected chi connectivity index (χ2v) is 8.84. The molecule has 176 valence electrons. The molecule has 0 aromatic heterocycles. The zero-order valence-corrected chi connectivity index (χ0v) is 19.8. The Morgan fingerprint density at radius 2 is 1.64 bits per heavy atom. The van der Waals surface area contributed by atoms with Gasteiger partial charge in [0.25, 0.3) is 11.8 Å². The average Bonchev–Trinajstić information content (AvgIpc) is 2.81. The maximum atomic E-state index is 13.0. The number of likely N-dealkylation sites (tertiary alicyclic amines) is 1. The van der Waals surface area contributed by atoms with Gasteiger partial charge in [-0.25, -0.2) is 0 Å². The van der Waals surface area contributed by atoms with Crippen LogP contribution in [0, 0.1) is 12.8 Å². The fraction of sp³-hybridized carbons (Fsp3) is 0.423. The summed E-state index contributed by atoms with van der Waals surface area (Å²) in [4.78, 5) is 40.6. The fourth-order valence-electron chi connectivity index (χ4n) is 4.14. The Balaban J connectivity index is 1.69. The lowest BCUT2D eigenvalue weighted by molar-refractivity contribution is -0.125. The molecule has 0 aliphatic carbocycles. The first-order valence-corrected chi connectivity index (χ1v) is 11.4. The van der Waals surface area contributed by atoms with Gasteiger partial charge < -0.3 is 20.3 Å². The molecule has 0 radical (unpaired) electrons. The Morgan fingerprint density at radius 1 is 0.970 bits per heavy atom. The van der Waals surface area contributed by atoms with Crippen molar-refractivity contribution in [2.45, 2.75) is 45.7 Å². The van der Waals surface area contributed by atoms with Gasteiger partial charge in [-0.2, -0.15) is 0 Å². The number of benzene rings is 2. The molecule has 1 aliphatic heterocycles. The van der Waals surface area contributed by atoms with E-state index in [9.17, 15) is 14.4 Å². The number of ether oxygens (including phenoxy) is 1. The molecule has 0 spiro atoms. The monoisotopic (exact) mass is 451 g/mol. The molecule has 3 rings (SSSR count). The molecule has 2 N–H and O–H groups in total. The van der Waals surface area contributed by atoms with Crippen LogP contribution < -0.4 is 15.4 Å². The molecule has 1 heterocycles. The Morgan fingerprint density at radius 3 is 2.21 bits per heavy atom. The van der Waals surface area contributed by atoms with Crippen LogP contribution in [-0.4, -0.2) is 54.9 Å². The standard InChI is InChI=1S/C26H33N3O4/c1-17(2)27-25(31)23(28-24(30)20-8-10-22(33-4)11-9-20)19-12-14-29(15-13-19)26(32)21-7-5-6-18(3)16-21/h5-11,16-17,19,23H,12-15H2,1-4H3,(H,27,31)(H,28,30)/t23-/m1/s1. The zero-order chi connectivity index (χ0) is 24.0. The van der Waals surface area contributed by atoms with Crippen molar-refractivity contribution in [3.63, 3.8) is 0 Å². The smallest absolute Gasteiger partial charge is 0.253 e. The minimum Gasteiger partial charge on any atom is -0.497 e. The van der Waals surface area contributed by atoms with Crippen LogP contribution in [0.1, 0.15) is 53.0 Å². The van der Waals surface area contributed by atoms with Gasteiger partial charge in [0.15, 0.2) is 0 Å². The number of hydrogen-bond acceptors (Lipinski definition) is 4. The number of amides is 3. The quantitative estimate of drug-likeness (QED) is 0.677. The van der Waals surface area contributed by atoms with Crippen LogP contribution in [0.15, 0.2) is 48.5 Å². The fourth-order valence-corrected chi connectivity index (χ4v) is 4.14. The highest BCUT2D eigenvalue weighted by Crippen LogP contribution is 2.23. The van der Waals surface area contributed by atoms with Gasteiger partial charge >= 0.3 is 0 Å². The van der Waals surface area contributed by atoms with Crippen molar-refractivity contribution in [1.29, 1.82) is 0 Å². The van der Waals surface area contributed by atoms with Gasteiger partial charge in [-0.3, -0.25) is 14.4 Å². The molecule has 1 atom stereocenters. The number of nitrogens with one attached hydrogen (secondary N) is 2. The number of rotatable bonds is 7. The van der Waals surface area contributed by atoms with E-state index in [2.05, 4.69) is 10.6 Å². The van der Waals surface area contributed by atoms with Crippen molar-refractivity contribution < 1.29 is 19.1 Å². The van der Waals surface area contributed by atoms with Gasteiger partial charge in [0, 0.05) is 30.3 Å². The summed E-state index contributed by atoms with van der Waals surface area (Å²) in [6, 6.07) is 13.6. The van der Waals surface area contributed by atoms with E-state index in [0.29, 0.717) is 42.8 Å². The van der Waals surface area contributed by atoms with Crippen molar-refractivity contribution in [3.05, 3.63) is 65.2 Å². The van der Waals surface area contributed by atoms with E-state index in [1.54, 1.807) is 31.4 Å². The minimum atomic E-state index is -0.668. The van der Waals surface area contributed by atoms with Gasteiger partial charge in [0.1, 0.15) is 11.8 Å². The molecule has 33 heavy (non-hydrogen) atoms. The van der Waals surface area contributed by atoms with Gasteiger partial charge in [0.2, 0.25) is 5.91 Å². The summed E-state index contributed by atoms with van der Waals surface area (Å²) in [5, 5.41) is 5.86. The molecule has 0 unspecified atom stereocenters. The average molecular weight is 452 g/mol. The second kappa shape index (κ2) is 11.0. The second-order valence-electron chi connectivity index (χ2n) is 8.84. The first kappa shape index (κ1) is 24.3. The van der Waals surface area contributed by atoms with Crippen LogP contribution in [0.3, 0.4) is 0 Å². The van der Waals surface area contributed by atoms with Crippen molar-refractivity contribution in [2.24, 2.45) is 5.92 Å². The predicted molar refractivity (Wildman–Crippen MR) is 127 cm³/mol. The van der Waals surface area contributed by atoms with E-state index < -0.39 is 6.04 Å². The van der Waals surface area contributed by atoms with E-state index in [0.717, 1.165) is 5.56 Å². The highest BCUT2D eigenvalue weighted by molar-refractivity contribution is 5.98. The molecule has 3 amide bonds. The van der Waals surface area contributed by atoms with E-state index >= 15 is 0 Å². The molecule has 0 saturated carbocycles. The number of aryl methyl sites for hydroxylation is 1. The van der Waals surface area contributed by atoms with Gasteiger partial charge in [-0.05, 0) is 75.9 Å². The van der Waals surface area contributed by atoms with Gasteiger partial charge in [-0.1, -0.05) is 17.7 Å². The summed E-state index contributed by atoms with van der Waals surface area (Å²) < 4.78 is 5.15. The largest absolute Gasteiger partial charge is 0.497 e. The van der Waals surface area contributed by atoms with Crippen LogP contribution in [0.2, 0.25) is 0 Å². The van der Waals surface area contributed by atoms with Gasteiger partial charge in [-0.15, -0.1) is 0 Å². The van der Waals surface area contributed by atoms with Crippen molar-refractivity contribution in [3.8, 4) is 5.75 Å². The predicted octanol–water partition coefficient (Wildman–Crippen LogP) is 3.18. The lowest BCUT2D eigenvalue weighted by atomic mass is 9.88.